The number of aliphatic carboxylic acids is 1. The van der Waals surface area contributed by atoms with E-state index in [9.17, 15) is 24.3 Å². The van der Waals surface area contributed by atoms with Crippen molar-refractivity contribution in [3.05, 3.63) is 36.4 Å². The first-order valence-corrected chi connectivity index (χ1v) is 15.4. The van der Waals surface area contributed by atoms with Crippen LogP contribution in [0.15, 0.2) is 36.4 Å². The van der Waals surface area contributed by atoms with Gasteiger partial charge in [-0.25, -0.2) is 9.59 Å². The highest BCUT2D eigenvalue weighted by Gasteiger charge is 2.61. The minimum atomic E-state index is -1.43. The van der Waals surface area contributed by atoms with Crippen molar-refractivity contribution in [2.24, 2.45) is 5.92 Å². The number of fused-ring (bicyclic) bond motifs is 2. The van der Waals surface area contributed by atoms with Crippen LogP contribution < -0.4 is 15.4 Å². The number of hydrogen-bond acceptors (Lipinski definition) is 9. The van der Waals surface area contributed by atoms with Crippen molar-refractivity contribution in [3.63, 3.8) is 0 Å². The first-order valence-electron chi connectivity index (χ1n) is 15.4. The molecule has 242 valence electrons. The number of carboxylic acid groups (broad SMARTS) is 1. The van der Waals surface area contributed by atoms with E-state index in [1.54, 1.807) is 52.1 Å². The van der Waals surface area contributed by atoms with Gasteiger partial charge in [0.15, 0.2) is 0 Å². The van der Waals surface area contributed by atoms with Gasteiger partial charge in [0.1, 0.15) is 29.0 Å². The Hall–Kier alpha value is -4.49. The lowest BCUT2D eigenvalue weighted by Crippen LogP contribution is -2.56. The van der Waals surface area contributed by atoms with Gasteiger partial charge in [-0.05, 0) is 75.9 Å². The monoisotopic (exact) mass is 623 g/mol. The van der Waals surface area contributed by atoms with Crippen LogP contribution >= 0.6 is 0 Å². The molecule has 5 rings (SSSR count). The highest BCUT2D eigenvalue weighted by atomic mass is 16.6. The van der Waals surface area contributed by atoms with Gasteiger partial charge in [-0.2, -0.15) is 4.80 Å². The summed E-state index contributed by atoms with van der Waals surface area (Å²) in [6, 6.07) is 4.66. The Labute approximate surface area is 261 Å². The zero-order chi connectivity index (χ0) is 32.4. The van der Waals surface area contributed by atoms with Crippen LogP contribution in [0.5, 0.6) is 5.75 Å². The van der Waals surface area contributed by atoms with Crippen LogP contribution in [0, 0.1) is 5.92 Å². The van der Waals surface area contributed by atoms with Crippen LogP contribution in [0.2, 0.25) is 0 Å². The second-order valence-electron chi connectivity index (χ2n) is 12.9. The van der Waals surface area contributed by atoms with E-state index in [1.165, 1.54) is 9.70 Å². The number of aromatic nitrogens is 4. The number of nitrogens with zero attached hydrogens (tertiary/aromatic N) is 5. The molecule has 1 aromatic carbocycles. The Balaban J connectivity index is 1.43. The summed E-state index contributed by atoms with van der Waals surface area (Å²) in [4.78, 5) is 55.9. The Morgan fingerprint density at radius 1 is 1.13 bits per heavy atom. The van der Waals surface area contributed by atoms with Crippen molar-refractivity contribution in [1.82, 2.24) is 35.7 Å². The third kappa shape index (κ3) is 7.26. The van der Waals surface area contributed by atoms with E-state index in [0.29, 0.717) is 30.0 Å². The molecule has 1 aromatic heterocycles. The number of benzene rings is 1. The van der Waals surface area contributed by atoms with Gasteiger partial charge in [-0.3, -0.25) is 9.59 Å². The maximum absolute atomic E-state index is 14.2. The lowest BCUT2D eigenvalue weighted by Gasteiger charge is -2.30. The number of alkyl carbamates (subject to hydrolysis) is 1. The molecule has 1 saturated carbocycles. The number of carboxylic acids is 1. The summed E-state index contributed by atoms with van der Waals surface area (Å²) in [6.07, 6.45) is 6.89. The number of allylic oxidation sites excluding steroid dienone is 1. The van der Waals surface area contributed by atoms with E-state index in [0.717, 1.165) is 19.3 Å². The predicted molar refractivity (Wildman–Crippen MR) is 161 cm³/mol. The summed E-state index contributed by atoms with van der Waals surface area (Å²) in [5.41, 5.74) is -1.49. The second-order valence-corrected chi connectivity index (χ2v) is 12.9. The van der Waals surface area contributed by atoms with Crippen LogP contribution in [0.4, 0.5) is 4.79 Å². The molecule has 3 amide bonds. The maximum atomic E-state index is 14.2. The molecule has 1 aliphatic carbocycles. The Kier molecular flexibility index (Phi) is 9.12. The van der Waals surface area contributed by atoms with Crippen molar-refractivity contribution in [2.45, 2.75) is 95.0 Å². The van der Waals surface area contributed by atoms with E-state index in [1.807, 2.05) is 12.2 Å². The van der Waals surface area contributed by atoms with Gasteiger partial charge in [0.2, 0.25) is 17.6 Å². The van der Waals surface area contributed by atoms with Crippen molar-refractivity contribution in [2.75, 3.05) is 13.7 Å². The number of carbonyl (C=O) groups excluding carboxylic acids is 3. The zero-order valence-electron chi connectivity index (χ0n) is 26.1. The largest absolute Gasteiger partial charge is 0.497 e. The van der Waals surface area contributed by atoms with Gasteiger partial charge in [0.05, 0.1) is 13.2 Å². The summed E-state index contributed by atoms with van der Waals surface area (Å²) in [5, 5.41) is 28.5. The highest BCUT2D eigenvalue weighted by Crippen LogP contribution is 2.45. The second kappa shape index (κ2) is 12.9. The van der Waals surface area contributed by atoms with E-state index >= 15 is 0 Å². The number of methoxy groups -OCH3 is 1. The number of tetrazole rings is 1. The number of amides is 3. The normalized spacial score (nSPS) is 28.0. The quantitative estimate of drug-likeness (QED) is 0.420. The molecule has 45 heavy (non-hydrogen) atoms. The van der Waals surface area contributed by atoms with Gasteiger partial charge >= 0.3 is 12.1 Å². The summed E-state index contributed by atoms with van der Waals surface area (Å²) >= 11 is 0. The van der Waals surface area contributed by atoms with Gasteiger partial charge in [-0.15, -0.1) is 10.2 Å². The third-order valence-electron chi connectivity index (χ3n) is 8.43. The lowest BCUT2D eigenvalue weighted by molar-refractivity contribution is -0.145. The van der Waals surface area contributed by atoms with Crippen LogP contribution in [-0.2, 0) is 19.1 Å². The first kappa shape index (κ1) is 31.9. The number of ether oxygens (including phenoxy) is 2. The minimum absolute atomic E-state index is 0.0607. The number of hydrogen-bond donors (Lipinski definition) is 3. The summed E-state index contributed by atoms with van der Waals surface area (Å²) < 4.78 is 10.7. The number of rotatable bonds is 5. The molecule has 0 unspecified atom stereocenters. The molecule has 2 fully saturated rings. The fraction of sp³-hybridized carbons (Fsp3) is 0.581. The van der Waals surface area contributed by atoms with Crippen molar-refractivity contribution < 1.29 is 33.8 Å². The molecule has 3 N–H and O–H groups in total. The number of carbonyl (C=O) groups is 4. The van der Waals surface area contributed by atoms with Crippen LogP contribution in [0.3, 0.4) is 0 Å². The molecule has 0 radical (unpaired) electrons. The standard InChI is InChI=1S/C31H41N7O7/c1-30(2,3)45-29(43)32-23-11-9-7-5-6-8-10-20-17-31(20,28(41)42)33-26(39)24-16-21(18-37(24)27(23)40)38-35-25(34-36-38)19-12-14-22(44-4)15-13-19/h8,10,12-15,20-21,23-24H,5-7,9,11,16-18H2,1-4H3,(H,32,43)(H,33,39)(H,41,42)/b10-8-/t20-,21-,23+,24-,31-/m0/s1. The summed E-state index contributed by atoms with van der Waals surface area (Å²) in [6.45, 7) is 5.26. The Morgan fingerprint density at radius 2 is 1.89 bits per heavy atom. The SMILES string of the molecule is COc1ccc(-c2nnn([C@H]3C[C@H]4C(=O)N[C@@]5(C(=O)O)C[C@@H]5/C=C\CCCCC[C@@H](NC(=O)OC(C)(C)C)C(=O)N4C3)n2)cc1. The fourth-order valence-electron chi connectivity index (χ4n) is 5.93. The first-order chi connectivity index (χ1) is 21.4. The average molecular weight is 624 g/mol. The Bertz CT molecular complexity index is 1450. The highest BCUT2D eigenvalue weighted by molar-refractivity contribution is 5.96. The fourth-order valence-corrected chi connectivity index (χ4v) is 5.93. The molecule has 1 saturated heterocycles. The molecule has 3 heterocycles. The molecule has 14 heteroatoms. The molecule has 14 nitrogen and oxygen atoms in total. The molecule has 2 aromatic rings. The molecular formula is C31H41N7O7. The van der Waals surface area contributed by atoms with Crippen molar-refractivity contribution >= 4 is 23.9 Å². The van der Waals surface area contributed by atoms with E-state index in [-0.39, 0.29) is 25.3 Å². The zero-order valence-corrected chi connectivity index (χ0v) is 26.1. The minimum Gasteiger partial charge on any atom is -0.497 e. The lowest BCUT2D eigenvalue weighted by atomic mass is 10.0. The molecule has 5 atom stereocenters. The molecular weight excluding hydrogens is 582 g/mol. The molecule has 2 aliphatic heterocycles. The maximum Gasteiger partial charge on any atom is 0.408 e. The van der Waals surface area contributed by atoms with E-state index in [4.69, 9.17) is 9.47 Å². The summed E-state index contributed by atoms with van der Waals surface area (Å²) in [7, 11) is 1.57. The van der Waals surface area contributed by atoms with Gasteiger partial charge in [-0.1, -0.05) is 25.0 Å². The van der Waals surface area contributed by atoms with Crippen LogP contribution in [0.25, 0.3) is 11.4 Å². The summed E-state index contributed by atoms with van der Waals surface area (Å²) in [5.74, 6) is -1.45. The predicted octanol–water partition coefficient (Wildman–Crippen LogP) is 2.86. The van der Waals surface area contributed by atoms with Crippen molar-refractivity contribution in [3.8, 4) is 17.1 Å². The third-order valence-corrected chi connectivity index (χ3v) is 8.43. The topological polar surface area (TPSA) is 178 Å². The smallest absolute Gasteiger partial charge is 0.408 e. The Morgan fingerprint density at radius 3 is 2.58 bits per heavy atom. The van der Waals surface area contributed by atoms with E-state index in [2.05, 4.69) is 26.0 Å². The molecule has 0 bridgehead atoms. The van der Waals surface area contributed by atoms with Crippen molar-refractivity contribution in [1.29, 1.82) is 0 Å². The van der Waals surface area contributed by atoms with Gasteiger partial charge < -0.3 is 30.1 Å². The number of nitrogens with one attached hydrogen (secondary N) is 2. The van der Waals surface area contributed by atoms with Gasteiger partial charge in [0, 0.05) is 24.4 Å². The van der Waals surface area contributed by atoms with Crippen LogP contribution in [-0.4, -0.2) is 91.0 Å². The van der Waals surface area contributed by atoms with Gasteiger partial charge in [0.25, 0.3) is 0 Å². The van der Waals surface area contributed by atoms with E-state index < -0.39 is 53.1 Å². The average Bonchev–Trinajstić information content (AvgIpc) is 3.31. The molecule has 3 aliphatic rings. The van der Waals surface area contributed by atoms with Crippen LogP contribution in [0.1, 0.15) is 71.8 Å². The molecule has 0 spiro atoms.